The van der Waals surface area contributed by atoms with E-state index >= 15 is 0 Å². The van der Waals surface area contributed by atoms with Crippen molar-refractivity contribution in [3.63, 3.8) is 0 Å². The van der Waals surface area contributed by atoms with Crippen molar-refractivity contribution in [1.82, 2.24) is 0 Å². The molecule has 0 radical (unpaired) electrons. The number of ether oxygens (including phenoxy) is 1. The summed E-state index contributed by atoms with van der Waals surface area (Å²) in [6.45, 7) is 1.79. The maximum Gasteiger partial charge on any atom is 0.185 e. The first-order valence-electron chi connectivity index (χ1n) is 6.47. The average molecular weight is 283 g/mol. The normalized spacial score (nSPS) is 10.8. The summed E-state index contributed by atoms with van der Waals surface area (Å²) >= 11 is 0. The zero-order valence-corrected chi connectivity index (χ0v) is 12.0. The van der Waals surface area contributed by atoms with E-state index < -0.39 is 0 Å². The van der Waals surface area contributed by atoms with Gasteiger partial charge in [0, 0.05) is 22.9 Å². The number of allylic oxidation sites excluding steroid dienone is 1. The zero-order valence-electron chi connectivity index (χ0n) is 12.0. The van der Waals surface area contributed by atoms with Crippen molar-refractivity contribution < 1.29 is 14.6 Å². The molecule has 0 heterocycles. The second-order valence-electron chi connectivity index (χ2n) is 4.70. The number of phenols is 1. The molecule has 0 aliphatic carbocycles. The molecule has 4 heteroatoms. The number of ketones is 1. The number of carbonyl (C=O) groups excluding carboxylic acids is 1. The predicted molar refractivity (Wildman–Crippen MR) is 83.6 cm³/mol. The Hall–Kier alpha value is -2.75. The summed E-state index contributed by atoms with van der Waals surface area (Å²) in [4.78, 5) is 12.1. The third kappa shape index (κ3) is 3.42. The van der Waals surface area contributed by atoms with E-state index in [0.717, 1.165) is 11.1 Å². The van der Waals surface area contributed by atoms with E-state index in [1.165, 1.54) is 19.3 Å². The lowest BCUT2D eigenvalue weighted by Gasteiger charge is -2.07. The Kier molecular flexibility index (Phi) is 4.28. The molecule has 4 nitrogen and oxygen atoms in total. The zero-order chi connectivity index (χ0) is 15.4. The number of carbonyl (C=O) groups is 1. The van der Waals surface area contributed by atoms with Crippen molar-refractivity contribution in [1.29, 1.82) is 0 Å². The molecule has 0 aliphatic heterocycles. The number of phenolic OH excluding ortho intramolecular Hbond substituents is 1. The highest BCUT2D eigenvalue weighted by atomic mass is 16.5. The van der Waals surface area contributed by atoms with Crippen LogP contribution in [0.1, 0.15) is 21.5 Å². The van der Waals surface area contributed by atoms with Crippen molar-refractivity contribution in [2.24, 2.45) is 0 Å². The van der Waals surface area contributed by atoms with E-state index in [2.05, 4.69) is 0 Å². The van der Waals surface area contributed by atoms with Gasteiger partial charge in [0.05, 0.1) is 7.11 Å². The molecule has 2 aromatic carbocycles. The fraction of sp³-hybridized carbons (Fsp3) is 0.118. The van der Waals surface area contributed by atoms with Gasteiger partial charge in [0.1, 0.15) is 11.5 Å². The highest BCUT2D eigenvalue weighted by Crippen LogP contribution is 2.28. The van der Waals surface area contributed by atoms with Crippen LogP contribution in [0.25, 0.3) is 6.08 Å². The van der Waals surface area contributed by atoms with Crippen LogP contribution < -0.4 is 10.5 Å². The van der Waals surface area contributed by atoms with Crippen LogP contribution in [0.5, 0.6) is 11.5 Å². The standard InChI is InChI=1S/C17H17NO3/c1-11-9-13(17(21-2)10-16(11)20)5-8-15(19)12-3-6-14(18)7-4-12/h3-10,20H,18H2,1-2H3. The Bertz CT molecular complexity index is 688. The van der Waals surface area contributed by atoms with Gasteiger partial charge in [0.15, 0.2) is 5.78 Å². The molecule has 21 heavy (non-hydrogen) atoms. The van der Waals surface area contributed by atoms with Gasteiger partial charge in [-0.3, -0.25) is 4.79 Å². The molecule has 0 saturated heterocycles. The third-order valence-electron chi connectivity index (χ3n) is 3.16. The van der Waals surface area contributed by atoms with Crippen LogP contribution in [-0.2, 0) is 0 Å². The number of anilines is 1. The van der Waals surface area contributed by atoms with Crippen molar-refractivity contribution in [2.75, 3.05) is 12.8 Å². The Balaban J connectivity index is 2.26. The molecule has 0 bridgehead atoms. The lowest BCUT2D eigenvalue weighted by Crippen LogP contribution is -1.95. The lowest BCUT2D eigenvalue weighted by molar-refractivity contribution is 0.104. The molecular formula is C17H17NO3. The second kappa shape index (κ2) is 6.13. The number of nitrogen functional groups attached to an aromatic ring is 1. The highest BCUT2D eigenvalue weighted by Gasteiger charge is 2.06. The minimum Gasteiger partial charge on any atom is -0.508 e. The van der Waals surface area contributed by atoms with Crippen molar-refractivity contribution >= 4 is 17.5 Å². The van der Waals surface area contributed by atoms with Crippen LogP contribution in [0.4, 0.5) is 5.69 Å². The molecule has 0 saturated carbocycles. The summed E-state index contributed by atoms with van der Waals surface area (Å²) in [6, 6.07) is 10.0. The largest absolute Gasteiger partial charge is 0.508 e. The minimum absolute atomic E-state index is 0.122. The fourth-order valence-electron chi connectivity index (χ4n) is 1.92. The summed E-state index contributed by atoms with van der Waals surface area (Å²) in [5.74, 6) is 0.552. The number of benzene rings is 2. The molecule has 2 aromatic rings. The number of nitrogens with two attached hydrogens (primary N) is 1. The highest BCUT2D eigenvalue weighted by molar-refractivity contribution is 6.07. The van der Waals surface area contributed by atoms with E-state index in [0.29, 0.717) is 17.0 Å². The van der Waals surface area contributed by atoms with Crippen LogP contribution in [-0.4, -0.2) is 18.0 Å². The summed E-state index contributed by atoms with van der Waals surface area (Å²) in [5, 5.41) is 9.65. The maximum atomic E-state index is 12.1. The van der Waals surface area contributed by atoms with E-state index in [9.17, 15) is 9.90 Å². The van der Waals surface area contributed by atoms with Gasteiger partial charge < -0.3 is 15.6 Å². The van der Waals surface area contributed by atoms with Crippen LogP contribution in [0.15, 0.2) is 42.5 Å². The number of rotatable bonds is 4. The predicted octanol–water partition coefficient (Wildman–Crippen LogP) is 3.19. The molecule has 0 fully saturated rings. The molecule has 0 unspecified atom stereocenters. The molecule has 3 N–H and O–H groups in total. The number of hydrogen-bond acceptors (Lipinski definition) is 4. The Morgan fingerprint density at radius 1 is 1.24 bits per heavy atom. The second-order valence-corrected chi connectivity index (χ2v) is 4.70. The third-order valence-corrected chi connectivity index (χ3v) is 3.16. The first-order chi connectivity index (χ1) is 10.0. The van der Waals surface area contributed by atoms with Gasteiger partial charge in [-0.2, -0.15) is 0 Å². The molecule has 108 valence electrons. The first kappa shape index (κ1) is 14.7. The summed E-state index contributed by atoms with van der Waals surface area (Å²) in [7, 11) is 1.52. The molecule has 0 atom stereocenters. The summed E-state index contributed by atoms with van der Waals surface area (Å²) in [5.41, 5.74) is 8.22. The van der Waals surface area contributed by atoms with Crippen molar-refractivity contribution in [3.8, 4) is 11.5 Å². The number of aromatic hydroxyl groups is 1. The summed E-state index contributed by atoms with van der Waals surface area (Å²) < 4.78 is 5.20. The van der Waals surface area contributed by atoms with E-state index in [-0.39, 0.29) is 11.5 Å². The molecule has 2 rings (SSSR count). The Morgan fingerprint density at radius 2 is 1.90 bits per heavy atom. The number of hydrogen-bond donors (Lipinski definition) is 2. The SMILES string of the molecule is COc1cc(O)c(C)cc1C=CC(=O)c1ccc(N)cc1. The van der Waals surface area contributed by atoms with Gasteiger partial charge in [-0.05, 0) is 55.0 Å². The summed E-state index contributed by atoms with van der Waals surface area (Å²) in [6.07, 6.45) is 3.14. The topological polar surface area (TPSA) is 72.5 Å². The quantitative estimate of drug-likeness (QED) is 0.513. The van der Waals surface area contributed by atoms with Gasteiger partial charge in [0.2, 0.25) is 0 Å². The van der Waals surface area contributed by atoms with Gasteiger partial charge in [0.25, 0.3) is 0 Å². The Morgan fingerprint density at radius 3 is 2.52 bits per heavy atom. The average Bonchev–Trinajstić information content (AvgIpc) is 2.48. The molecule has 0 amide bonds. The van der Waals surface area contributed by atoms with Crippen molar-refractivity contribution in [3.05, 3.63) is 59.2 Å². The molecule has 0 aliphatic rings. The molecular weight excluding hydrogens is 266 g/mol. The van der Waals surface area contributed by atoms with Crippen LogP contribution in [0.3, 0.4) is 0 Å². The van der Waals surface area contributed by atoms with Crippen LogP contribution in [0.2, 0.25) is 0 Å². The van der Waals surface area contributed by atoms with Gasteiger partial charge in [-0.15, -0.1) is 0 Å². The van der Waals surface area contributed by atoms with E-state index in [1.54, 1.807) is 43.3 Å². The maximum absolute atomic E-state index is 12.1. The van der Waals surface area contributed by atoms with E-state index in [4.69, 9.17) is 10.5 Å². The fourth-order valence-corrected chi connectivity index (χ4v) is 1.92. The van der Waals surface area contributed by atoms with Gasteiger partial charge >= 0.3 is 0 Å². The van der Waals surface area contributed by atoms with Crippen LogP contribution in [0, 0.1) is 6.92 Å². The Labute approximate surface area is 123 Å². The molecule has 0 spiro atoms. The first-order valence-corrected chi connectivity index (χ1v) is 6.47. The van der Waals surface area contributed by atoms with Crippen LogP contribution >= 0.6 is 0 Å². The monoisotopic (exact) mass is 283 g/mol. The number of methoxy groups -OCH3 is 1. The van der Waals surface area contributed by atoms with Gasteiger partial charge in [-0.1, -0.05) is 0 Å². The van der Waals surface area contributed by atoms with Gasteiger partial charge in [-0.25, -0.2) is 0 Å². The minimum atomic E-state index is -0.122. The number of aryl methyl sites for hydroxylation is 1. The van der Waals surface area contributed by atoms with Crippen molar-refractivity contribution in [2.45, 2.75) is 6.92 Å². The van der Waals surface area contributed by atoms with E-state index in [1.807, 2.05) is 0 Å². The molecule has 0 aromatic heterocycles. The lowest BCUT2D eigenvalue weighted by atomic mass is 10.1. The smallest absolute Gasteiger partial charge is 0.185 e.